The van der Waals surface area contributed by atoms with Crippen molar-refractivity contribution in [3.63, 3.8) is 0 Å². The molecule has 1 aromatic heterocycles. The number of carbonyl (C=O) groups is 1. The zero-order chi connectivity index (χ0) is 18.7. The highest BCUT2D eigenvalue weighted by Crippen LogP contribution is 2.26. The van der Waals surface area contributed by atoms with E-state index in [0.717, 1.165) is 38.1 Å². The molecule has 148 valence electrons. The van der Waals surface area contributed by atoms with Crippen LogP contribution in [0.5, 0.6) is 5.75 Å². The average Bonchev–Trinajstić information content (AvgIpc) is 2.96. The van der Waals surface area contributed by atoms with Crippen molar-refractivity contribution in [2.45, 2.75) is 32.2 Å². The minimum absolute atomic E-state index is 0. The molecule has 1 aliphatic heterocycles. The minimum atomic E-state index is -4.79. The SMILES string of the molecule is Cc1c(C(=O)Nc2cccc(OC(F)(F)F)c2)nnn1C1CCNCC1.Cl. The molecule has 27 heavy (non-hydrogen) atoms. The largest absolute Gasteiger partial charge is 0.573 e. The Labute approximate surface area is 159 Å². The van der Waals surface area contributed by atoms with Gasteiger partial charge >= 0.3 is 6.36 Å². The maximum Gasteiger partial charge on any atom is 0.573 e. The normalized spacial score (nSPS) is 15.1. The molecule has 2 N–H and O–H groups in total. The predicted molar refractivity (Wildman–Crippen MR) is 94.2 cm³/mol. The summed E-state index contributed by atoms with van der Waals surface area (Å²) in [7, 11) is 0. The Morgan fingerprint density at radius 2 is 2.04 bits per heavy atom. The fourth-order valence-corrected chi connectivity index (χ4v) is 2.91. The number of anilines is 1. The van der Waals surface area contributed by atoms with E-state index in [1.54, 1.807) is 11.6 Å². The maximum atomic E-state index is 12.4. The van der Waals surface area contributed by atoms with Crippen LogP contribution in [-0.4, -0.2) is 40.4 Å². The predicted octanol–water partition coefficient (Wildman–Crippen LogP) is 3.08. The van der Waals surface area contributed by atoms with Crippen LogP contribution in [0.15, 0.2) is 24.3 Å². The first-order valence-corrected chi connectivity index (χ1v) is 8.13. The Bertz CT molecular complexity index is 791. The fourth-order valence-electron chi connectivity index (χ4n) is 2.91. The third kappa shape index (κ3) is 5.33. The summed E-state index contributed by atoms with van der Waals surface area (Å²) in [5, 5.41) is 13.8. The third-order valence-electron chi connectivity index (χ3n) is 4.12. The quantitative estimate of drug-likeness (QED) is 0.817. The van der Waals surface area contributed by atoms with E-state index >= 15 is 0 Å². The molecule has 1 amide bonds. The first-order chi connectivity index (χ1) is 12.3. The lowest BCUT2D eigenvalue weighted by atomic mass is 10.1. The van der Waals surface area contributed by atoms with Gasteiger partial charge in [-0.15, -0.1) is 30.7 Å². The number of piperidine rings is 1. The highest BCUT2D eigenvalue weighted by Gasteiger charge is 2.31. The third-order valence-corrected chi connectivity index (χ3v) is 4.12. The van der Waals surface area contributed by atoms with E-state index in [1.165, 1.54) is 12.1 Å². The number of rotatable bonds is 4. The number of ether oxygens (including phenoxy) is 1. The first kappa shape index (κ1) is 21.0. The van der Waals surface area contributed by atoms with Crippen LogP contribution >= 0.6 is 12.4 Å². The summed E-state index contributed by atoms with van der Waals surface area (Å²) in [5.74, 6) is -0.947. The van der Waals surface area contributed by atoms with Crippen LogP contribution in [0.2, 0.25) is 0 Å². The van der Waals surface area contributed by atoms with Crippen molar-refractivity contribution in [1.29, 1.82) is 0 Å². The smallest absolute Gasteiger partial charge is 0.406 e. The van der Waals surface area contributed by atoms with E-state index in [-0.39, 0.29) is 29.8 Å². The molecule has 7 nitrogen and oxygen atoms in total. The van der Waals surface area contributed by atoms with Crippen molar-refractivity contribution in [2.24, 2.45) is 0 Å². The number of hydrogen-bond acceptors (Lipinski definition) is 5. The summed E-state index contributed by atoms with van der Waals surface area (Å²) in [4.78, 5) is 12.4. The second kappa shape index (κ2) is 8.57. The Morgan fingerprint density at radius 3 is 2.70 bits per heavy atom. The Kier molecular flexibility index (Phi) is 6.66. The van der Waals surface area contributed by atoms with Gasteiger partial charge in [0.15, 0.2) is 5.69 Å². The number of benzene rings is 1. The van der Waals surface area contributed by atoms with Gasteiger partial charge in [0.05, 0.1) is 11.7 Å². The fraction of sp³-hybridized carbons (Fsp3) is 0.438. The molecule has 1 aliphatic rings. The summed E-state index contributed by atoms with van der Waals surface area (Å²) in [6, 6.07) is 5.25. The van der Waals surface area contributed by atoms with Crippen LogP contribution in [0.1, 0.15) is 35.1 Å². The number of carbonyl (C=O) groups excluding carboxylic acids is 1. The van der Waals surface area contributed by atoms with Crippen LogP contribution in [-0.2, 0) is 0 Å². The van der Waals surface area contributed by atoms with Gasteiger partial charge in [-0.1, -0.05) is 11.3 Å². The second-order valence-corrected chi connectivity index (χ2v) is 5.98. The van der Waals surface area contributed by atoms with Crippen molar-refractivity contribution in [3.8, 4) is 5.75 Å². The van der Waals surface area contributed by atoms with Crippen LogP contribution in [0.3, 0.4) is 0 Å². The number of aromatic nitrogens is 3. The van der Waals surface area contributed by atoms with Gasteiger partial charge in [0.1, 0.15) is 5.75 Å². The molecule has 0 atom stereocenters. The summed E-state index contributed by atoms with van der Waals surface area (Å²) in [5.41, 5.74) is 0.940. The minimum Gasteiger partial charge on any atom is -0.406 e. The molecule has 0 unspecified atom stereocenters. The zero-order valence-electron chi connectivity index (χ0n) is 14.4. The van der Waals surface area contributed by atoms with Gasteiger partial charge in [0.25, 0.3) is 5.91 Å². The molecule has 0 bridgehead atoms. The number of nitrogens with one attached hydrogen (secondary N) is 2. The highest BCUT2D eigenvalue weighted by molar-refractivity contribution is 6.03. The number of amides is 1. The molecule has 3 rings (SSSR count). The number of alkyl halides is 3. The Balaban J connectivity index is 0.00000261. The molecule has 2 heterocycles. The highest BCUT2D eigenvalue weighted by atomic mass is 35.5. The molecular formula is C16H19ClF3N5O2. The van der Waals surface area contributed by atoms with Crippen molar-refractivity contribution in [1.82, 2.24) is 20.3 Å². The second-order valence-electron chi connectivity index (χ2n) is 5.98. The molecule has 11 heteroatoms. The molecule has 2 aromatic rings. The van der Waals surface area contributed by atoms with E-state index in [0.29, 0.717) is 5.69 Å². The summed E-state index contributed by atoms with van der Waals surface area (Å²) in [6.07, 6.45) is -3.01. The van der Waals surface area contributed by atoms with Gasteiger partial charge < -0.3 is 15.4 Å². The van der Waals surface area contributed by atoms with Gasteiger partial charge in [-0.25, -0.2) is 4.68 Å². The standard InChI is InChI=1S/C16H18F3N5O2.ClH/c1-10-14(22-23-24(10)12-5-7-20-8-6-12)15(25)21-11-3-2-4-13(9-11)26-16(17,18)19;/h2-4,9,12,20H,5-8H2,1H3,(H,21,25);1H. The lowest BCUT2D eigenvalue weighted by molar-refractivity contribution is -0.274. The molecule has 0 aliphatic carbocycles. The molecule has 1 fully saturated rings. The van der Waals surface area contributed by atoms with Crippen LogP contribution in [0, 0.1) is 6.92 Å². The van der Waals surface area contributed by atoms with Gasteiger partial charge in [-0.2, -0.15) is 0 Å². The van der Waals surface area contributed by atoms with E-state index in [1.807, 2.05) is 0 Å². The Morgan fingerprint density at radius 1 is 1.33 bits per heavy atom. The van der Waals surface area contributed by atoms with Crippen molar-refractivity contribution in [2.75, 3.05) is 18.4 Å². The topological polar surface area (TPSA) is 81.1 Å². The van der Waals surface area contributed by atoms with Crippen molar-refractivity contribution < 1.29 is 22.7 Å². The number of nitrogens with zero attached hydrogens (tertiary/aromatic N) is 3. The molecular weight excluding hydrogens is 387 g/mol. The molecule has 0 saturated carbocycles. The van der Waals surface area contributed by atoms with Crippen LogP contribution in [0.25, 0.3) is 0 Å². The molecule has 1 saturated heterocycles. The van der Waals surface area contributed by atoms with Crippen LogP contribution in [0.4, 0.5) is 18.9 Å². The van der Waals surface area contributed by atoms with Gasteiger partial charge in [-0.3, -0.25) is 4.79 Å². The monoisotopic (exact) mass is 405 g/mol. The average molecular weight is 406 g/mol. The summed E-state index contributed by atoms with van der Waals surface area (Å²) < 4.78 is 42.5. The number of hydrogen-bond donors (Lipinski definition) is 2. The van der Waals surface area contributed by atoms with Crippen LogP contribution < -0.4 is 15.4 Å². The first-order valence-electron chi connectivity index (χ1n) is 8.13. The van der Waals surface area contributed by atoms with E-state index in [2.05, 4.69) is 25.7 Å². The number of halogens is 4. The van der Waals surface area contributed by atoms with Gasteiger partial charge in [0, 0.05) is 11.8 Å². The zero-order valence-corrected chi connectivity index (χ0v) is 15.2. The van der Waals surface area contributed by atoms with Crippen molar-refractivity contribution >= 4 is 24.0 Å². The molecule has 0 spiro atoms. The van der Waals surface area contributed by atoms with Crippen molar-refractivity contribution in [3.05, 3.63) is 35.7 Å². The lowest BCUT2D eigenvalue weighted by Crippen LogP contribution is -2.30. The van der Waals surface area contributed by atoms with Gasteiger partial charge in [-0.05, 0) is 45.0 Å². The van der Waals surface area contributed by atoms with Gasteiger partial charge in [0.2, 0.25) is 0 Å². The summed E-state index contributed by atoms with van der Waals surface area (Å²) >= 11 is 0. The summed E-state index contributed by atoms with van der Waals surface area (Å²) in [6.45, 7) is 3.50. The maximum absolute atomic E-state index is 12.4. The van der Waals surface area contributed by atoms with E-state index in [4.69, 9.17) is 0 Å². The van der Waals surface area contributed by atoms with E-state index < -0.39 is 18.0 Å². The van der Waals surface area contributed by atoms with E-state index in [9.17, 15) is 18.0 Å². The molecule has 0 radical (unpaired) electrons. The Hall–Kier alpha value is -2.33. The molecule has 1 aromatic carbocycles. The lowest BCUT2D eigenvalue weighted by Gasteiger charge is -2.23.